The van der Waals surface area contributed by atoms with Gasteiger partial charge in [0.2, 0.25) is 11.7 Å². The molecule has 2 aromatic carbocycles. The minimum Gasteiger partial charge on any atom is -0.487 e. The van der Waals surface area contributed by atoms with Gasteiger partial charge in [-0.2, -0.15) is 4.98 Å². The van der Waals surface area contributed by atoms with Crippen LogP contribution < -0.4 is 4.74 Å². The largest absolute Gasteiger partial charge is 0.487 e. The fraction of sp³-hybridized carbons (Fsp3) is 0.240. The zero-order chi connectivity index (χ0) is 21.1. The summed E-state index contributed by atoms with van der Waals surface area (Å²) in [7, 11) is 0. The molecule has 0 unspecified atom stereocenters. The van der Waals surface area contributed by atoms with Crippen LogP contribution in [0.5, 0.6) is 5.75 Å². The molecule has 0 atom stereocenters. The van der Waals surface area contributed by atoms with Crippen molar-refractivity contribution in [3.63, 3.8) is 0 Å². The summed E-state index contributed by atoms with van der Waals surface area (Å²) in [6.07, 6.45) is 1.73. The Morgan fingerprint density at radius 3 is 2.20 bits per heavy atom. The number of ether oxygens (including phenoxy) is 1. The molecule has 0 spiro atoms. The van der Waals surface area contributed by atoms with Crippen LogP contribution in [0.3, 0.4) is 0 Å². The van der Waals surface area contributed by atoms with Crippen molar-refractivity contribution in [2.75, 3.05) is 0 Å². The quantitative estimate of drug-likeness (QED) is 0.419. The van der Waals surface area contributed by atoms with Gasteiger partial charge in [-0.1, -0.05) is 61.0 Å². The van der Waals surface area contributed by atoms with Crippen molar-refractivity contribution in [3.8, 4) is 17.1 Å². The number of nitrogens with zero attached hydrogens (tertiary/aromatic N) is 3. The predicted molar refractivity (Wildman–Crippen MR) is 116 cm³/mol. The molecule has 0 saturated heterocycles. The lowest BCUT2D eigenvalue weighted by Crippen LogP contribution is -2.18. The highest BCUT2D eigenvalue weighted by molar-refractivity contribution is 5.54. The van der Waals surface area contributed by atoms with E-state index in [4.69, 9.17) is 9.26 Å². The van der Waals surface area contributed by atoms with E-state index in [2.05, 4.69) is 72.3 Å². The minimum absolute atomic E-state index is 0.0785. The molecule has 0 aliphatic carbocycles. The van der Waals surface area contributed by atoms with Gasteiger partial charge in [-0.25, -0.2) is 0 Å². The Bertz CT molecular complexity index is 1130. The maximum absolute atomic E-state index is 5.95. The van der Waals surface area contributed by atoms with E-state index in [1.54, 1.807) is 13.1 Å². The SMILES string of the molecule is Cc1ccc(C(C)(C)c2ccc(OCc3cc(-c4noc(C)n4)ccn3)cc2)cc1. The van der Waals surface area contributed by atoms with Gasteiger partial charge in [-0.3, -0.25) is 4.98 Å². The van der Waals surface area contributed by atoms with Crippen molar-refractivity contribution >= 4 is 0 Å². The van der Waals surface area contributed by atoms with E-state index in [9.17, 15) is 0 Å². The predicted octanol–water partition coefficient (Wildman–Crippen LogP) is 5.65. The Kier molecular flexibility index (Phi) is 5.36. The first kappa shape index (κ1) is 19.8. The summed E-state index contributed by atoms with van der Waals surface area (Å²) in [5.74, 6) is 1.90. The van der Waals surface area contributed by atoms with E-state index in [0.29, 0.717) is 18.3 Å². The number of hydrogen-bond donors (Lipinski definition) is 0. The van der Waals surface area contributed by atoms with Crippen LogP contribution in [-0.4, -0.2) is 15.1 Å². The van der Waals surface area contributed by atoms with E-state index in [-0.39, 0.29) is 5.41 Å². The topological polar surface area (TPSA) is 61.0 Å². The molecule has 2 heterocycles. The van der Waals surface area contributed by atoms with E-state index in [1.807, 2.05) is 24.3 Å². The Balaban J connectivity index is 1.45. The molecule has 2 aromatic heterocycles. The molecule has 152 valence electrons. The third-order valence-corrected chi connectivity index (χ3v) is 5.34. The highest BCUT2D eigenvalue weighted by Crippen LogP contribution is 2.32. The summed E-state index contributed by atoms with van der Waals surface area (Å²) in [5.41, 5.74) is 5.39. The molecule has 0 aliphatic heterocycles. The molecule has 5 heteroatoms. The molecular weight excluding hydrogens is 374 g/mol. The van der Waals surface area contributed by atoms with Crippen LogP contribution in [0.2, 0.25) is 0 Å². The van der Waals surface area contributed by atoms with Crippen molar-refractivity contribution in [2.24, 2.45) is 0 Å². The van der Waals surface area contributed by atoms with Crippen molar-refractivity contribution in [1.82, 2.24) is 15.1 Å². The summed E-state index contributed by atoms with van der Waals surface area (Å²) in [6, 6.07) is 20.8. The van der Waals surface area contributed by atoms with Crippen LogP contribution in [0.25, 0.3) is 11.4 Å². The Morgan fingerprint density at radius 2 is 1.57 bits per heavy atom. The zero-order valence-electron chi connectivity index (χ0n) is 17.7. The lowest BCUT2D eigenvalue weighted by molar-refractivity contribution is 0.301. The number of benzene rings is 2. The molecule has 4 aromatic rings. The molecule has 5 nitrogen and oxygen atoms in total. The minimum atomic E-state index is -0.0785. The molecule has 4 rings (SSSR count). The van der Waals surface area contributed by atoms with Crippen LogP contribution >= 0.6 is 0 Å². The van der Waals surface area contributed by atoms with Crippen LogP contribution in [0, 0.1) is 13.8 Å². The standard InChI is InChI=1S/C25H25N3O2/c1-17-5-7-20(8-6-17)25(3,4)21-9-11-23(12-10-21)29-16-22-15-19(13-14-26-22)24-27-18(2)30-28-24/h5-15H,16H2,1-4H3. The second kappa shape index (κ2) is 8.11. The smallest absolute Gasteiger partial charge is 0.223 e. The summed E-state index contributed by atoms with van der Waals surface area (Å²) in [6.45, 7) is 8.72. The fourth-order valence-electron chi connectivity index (χ4n) is 3.37. The summed E-state index contributed by atoms with van der Waals surface area (Å²) >= 11 is 0. The summed E-state index contributed by atoms with van der Waals surface area (Å²) in [5, 5.41) is 3.95. The van der Waals surface area contributed by atoms with E-state index in [1.165, 1.54) is 16.7 Å². The highest BCUT2D eigenvalue weighted by Gasteiger charge is 2.22. The van der Waals surface area contributed by atoms with Crippen LogP contribution in [0.1, 0.15) is 42.1 Å². The first-order valence-electron chi connectivity index (χ1n) is 9.98. The van der Waals surface area contributed by atoms with Gasteiger partial charge in [0.05, 0.1) is 5.69 Å². The Hall–Kier alpha value is -3.47. The van der Waals surface area contributed by atoms with Gasteiger partial charge in [0, 0.05) is 24.1 Å². The average Bonchev–Trinajstić information content (AvgIpc) is 3.19. The van der Waals surface area contributed by atoms with Crippen molar-refractivity contribution in [2.45, 2.75) is 39.7 Å². The van der Waals surface area contributed by atoms with Gasteiger partial charge in [-0.05, 0) is 42.3 Å². The zero-order valence-corrected chi connectivity index (χ0v) is 17.7. The fourth-order valence-corrected chi connectivity index (χ4v) is 3.37. The molecular formula is C25H25N3O2. The van der Waals surface area contributed by atoms with Crippen molar-refractivity contribution in [1.29, 1.82) is 0 Å². The molecule has 0 fully saturated rings. The van der Waals surface area contributed by atoms with Crippen LogP contribution in [0.15, 0.2) is 71.4 Å². The number of aromatic nitrogens is 3. The van der Waals surface area contributed by atoms with Crippen molar-refractivity contribution < 1.29 is 9.26 Å². The molecule has 0 amide bonds. The summed E-state index contributed by atoms with van der Waals surface area (Å²) < 4.78 is 11.0. The summed E-state index contributed by atoms with van der Waals surface area (Å²) in [4.78, 5) is 8.64. The number of hydrogen-bond acceptors (Lipinski definition) is 5. The lowest BCUT2D eigenvalue weighted by Gasteiger charge is -2.26. The number of rotatable bonds is 6. The van der Waals surface area contributed by atoms with Gasteiger partial charge < -0.3 is 9.26 Å². The molecule has 0 saturated carbocycles. The van der Waals surface area contributed by atoms with Crippen molar-refractivity contribution in [3.05, 3.63) is 95.1 Å². The van der Waals surface area contributed by atoms with Gasteiger partial charge in [0.1, 0.15) is 12.4 Å². The van der Waals surface area contributed by atoms with E-state index >= 15 is 0 Å². The number of aryl methyl sites for hydroxylation is 2. The maximum Gasteiger partial charge on any atom is 0.223 e. The first-order valence-corrected chi connectivity index (χ1v) is 9.98. The monoisotopic (exact) mass is 399 g/mol. The van der Waals surface area contributed by atoms with Crippen LogP contribution in [-0.2, 0) is 12.0 Å². The van der Waals surface area contributed by atoms with Gasteiger partial charge >= 0.3 is 0 Å². The van der Waals surface area contributed by atoms with Gasteiger partial charge in [0.25, 0.3) is 0 Å². The molecule has 0 N–H and O–H groups in total. The Labute approximate surface area is 176 Å². The van der Waals surface area contributed by atoms with Gasteiger partial charge in [-0.15, -0.1) is 0 Å². The highest BCUT2D eigenvalue weighted by atomic mass is 16.5. The molecule has 0 aliphatic rings. The third-order valence-electron chi connectivity index (χ3n) is 5.34. The van der Waals surface area contributed by atoms with Crippen LogP contribution in [0.4, 0.5) is 0 Å². The average molecular weight is 399 g/mol. The van der Waals surface area contributed by atoms with E-state index in [0.717, 1.165) is 17.0 Å². The first-order chi connectivity index (χ1) is 14.4. The van der Waals surface area contributed by atoms with E-state index < -0.39 is 0 Å². The molecule has 0 bridgehead atoms. The Morgan fingerprint density at radius 1 is 0.900 bits per heavy atom. The lowest BCUT2D eigenvalue weighted by atomic mass is 9.78. The van der Waals surface area contributed by atoms with Gasteiger partial charge in [0.15, 0.2) is 0 Å². The second-order valence-corrected chi connectivity index (χ2v) is 7.98. The second-order valence-electron chi connectivity index (χ2n) is 7.98. The maximum atomic E-state index is 5.95. The molecule has 0 radical (unpaired) electrons. The normalized spacial score (nSPS) is 11.5. The number of pyridine rings is 1. The molecule has 30 heavy (non-hydrogen) atoms. The third kappa shape index (κ3) is 4.25.